The fourth-order valence-electron chi connectivity index (χ4n) is 1.87. The predicted octanol–water partition coefficient (Wildman–Crippen LogP) is 2.02. The van der Waals surface area contributed by atoms with Crippen LogP contribution in [0.15, 0.2) is 4.99 Å². The summed E-state index contributed by atoms with van der Waals surface area (Å²) < 4.78 is 5.59. The van der Waals surface area contributed by atoms with Gasteiger partial charge in [0.1, 0.15) is 0 Å². The number of nitrogens with one attached hydrogen (secondary N) is 1. The molecule has 0 radical (unpaired) electrons. The van der Waals surface area contributed by atoms with Crippen LogP contribution in [-0.2, 0) is 4.74 Å². The third-order valence-corrected chi connectivity index (χ3v) is 4.56. The second-order valence-electron chi connectivity index (χ2n) is 5.33. The van der Waals surface area contributed by atoms with Gasteiger partial charge in [-0.15, -0.1) is 0 Å². The van der Waals surface area contributed by atoms with Gasteiger partial charge in [-0.3, -0.25) is 4.99 Å². The van der Waals surface area contributed by atoms with Crippen molar-refractivity contribution in [3.63, 3.8) is 0 Å². The Morgan fingerprint density at radius 2 is 2.20 bits per heavy atom. The summed E-state index contributed by atoms with van der Waals surface area (Å²) in [5.74, 6) is 1.09. The number of hydrogen-bond acceptors (Lipinski definition) is 3. The molecule has 0 spiro atoms. The maximum absolute atomic E-state index is 5.59. The lowest BCUT2D eigenvalue weighted by Gasteiger charge is -2.24. The number of thioether (sulfide) groups is 1. The molecule has 2 heterocycles. The van der Waals surface area contributed by atoms with E-state index in [0.29, 0.717) is 0 Å². The van der Waals surface area contributed by atoms with E-state index < -0.39 is 0 Å². The summed E-state index contributed by atoms with van der Waals surface area (Å²) in [6.45, 7) is 9.55. The van der Waals surface area contributed by atoms with Crippen molar-refractivity contribution < 1.29 is 4.74 Å². The number of hydrogen-bond donors (Lipinski definition) is 1. The molecule has 0 aliphatic carbocycles. The van der Waals surface area contributed by atoms with Crippen molar-refractivity contribution in [1.29, 1.82) is 0 Å². The maximum atomic E-state index is 5.59. The molecule has 0 bridgehead atoms. The van der Waals surface area contributed by atoms with E-state index in [1.165, 1.54) is 0 Å². The number of aliphatic imine (C=N–C) groups is 1. The molecule has 0 saturated carbocycles. The van der Waals surface area contributed by atoms with E-state index in [-0.39, 0.29) is 17.2 Å². The molecule has 2 unspecified atom stereocenters. The zero-order chi connectivity index (χ0) is 11.1. The molecule has 2 fully saturated rings. The van der Waals surface area contributed by atoms with Crippen molar-refractivity contribution >= 4 is 16.9 Å². The summed E-state index contributed by atoms with van der Waals surface area (Å²) in [6.07, 6.45) is 1.26. The number of ether oxygens (including phenoxy) is 1. The first-order valence-corrected chi connectivity index (χ1v) is 6.52. The Morgan fingerprint density at radius 1 is 1.47 bits per heavy atom. The van der Waals surface area contributed by atoms with Gasteiger partial charge >= 0.3 is 0 Å². The van der Waals surface area contributed by atoms with Crippen molar-refractivity contribution in [1.82, 2.24) is 5.32 Å². The van der Waals surface area contributed by atoms with Crippen LogP contribution in [0.5, 0.6) is 0 Å². The van der Waals surface area contributed by atoms with Crippen molar-refractivity contribution in [3.8, 4) is 0 Å². The fourth-order valence-corrected chi connectivity index (χ4v) is 3.07. The maximum Gasteiger partial charge on any atom is 0.157 e. The van der Waals surface area contributed by atoms with Crippen LogP contribution < -0.4 is 5.32 Å². The minimum absolute atomic E-state index is 0.0320. The quantitative estimate of drug-likeness (QED) is 0.745. The summed E-state index contributed by atoms with van der Waals surface area (Å²) >= 11 is 1.82. The van der Waals surface area contributed by atoms with Crippen LogP contribution in [0, 0.1) is 0 Å². The molecule has 2 aliphatic rings. The average Bonchev–Trinajstić information content (AvgIpc) is 2.59. The second kappa shape index (κ2) is 3.67. The Balaban J connectivity index is 2.10. The Hall–Kier alpha value is -0.220. The van der Waals surface area contributed by atoms with Gasteiger partial charge in [-0.25, -0.2) is 0 Å². The van der Waals surface area contributed by atoms with Crippen molar-refractivity contribution in [2.24, 2.45) is 4.99 Å². The smallest absolute Gasteiger partial charge is 0.157 e. The Morgan fingerprint density at radius 3 is 2.67 bits per heavy atom. The van der Waals surface area contributed by atoms with E-state index in [1.54, 1.807) is 0 Å². The van der Waals surface area contributed by atoms with Gasteiger partial charge in [0.05, 0.1) is 11.6 Å². The molecule has 2 saturated heterocycles. The first kappa shape index (κ1) is 11.3. The molecule has 0 aromatic carbocycles. The zero-order valence-electron chi connectivity index (χ0n) is 9.96. The van der Waals surface area contributed by atoms with E-state index in [1.807, 2.05) is 11.8 Å². The van der Waals surface area contributed by atoms with Crippen LogP contribution in [0.25, 0.3) is 0 Å². The lowest BCUT2D eigenvalue weighted by Crippen LogP contribution is -2.39. The molecule has 0 aromatic heterocycles. The molecule has 2 atom stereocenters. The van der Waals surface area contributed by atoms with Gasteiger partial charge in [-0.1, -0.05) is 11.8 Å². The lowest BCUT2D eigenvalue weighted by molar-refractivity contribution is 0.101. The summed E-state index contributed by atoms with van der Waals surface area (Å²) in [6, 6.07) is 0. The van der Waals surface area contributed by atoms with E-state index in [4.69, 9.17) is 9.73 Å². The molecule has 86 valence electrons. The minimum Gasteiger partial charge on any atom is -0.376 e. The van der Waals surface area contributed by atoms with Gasteiger partial charge in [0.25, 0.3) is 0 Å². The highest BCUT2D eigenvalue weighted by Crippen LogP contribution is 2.32. The first-order valence-electron chi connectivity index (χ1n) is 5.54. The number of amidine groups is 1. The van der Waals surface area contributed by atoms with E-state index in [2.05, 4.69) is 33.0 Å². The van der Waals surface area contributed by atoms with Crippen molar-refractivity contribution in [2.75, 3.05) is 12.4 Å². The third kappa shape index (κ3) is 2.31. The van der Waals surface area contributed by atoms with Crippen LogP contribution in [-0.4, -0.2) is 34.7 Å². The number of rotatable bonds is 1. The highest BCUT2D eigenvalue weighted by Gasteiger charge is 2.38. The van der Waals surface area contributed by atoms with Crippen LogP contribution >= 0.6 is 11.8 Å². The highest BCUT2D eigenvalue weighted by molar-refractivity contribution is 8.14. The second-order valence-corrected chi connectivity index (χ2v) is 6.30. The van der Waals surface area contributed by atoms with Crippen LogP contribution in [0.4, 0.5) is 0 Å². The molecule has 0 aromatic rings. The molecule has 15 heavy (non-hydrogen) atoms. The standard InChI is InChI=1S/C11H20N2OS/c1-8-11(4,5-6-14-8)13-9-12-10(2,3)7-15-9/h8H,5-7H2,1-4H3,(H,12,13). The summed E-state index contributed by atoms with van der Waals surface area (Å²) in [7, 11) is 0. The topological polar surface area (TPSA) is 33.6 Å². The van der Waals surface area contributed by atoms with Gasteiger partial charge in [-0.2, -0.15) is 0 Å². The minimum atomic E-state index is -0.0320. The van der Waals surface area contributed by atoms with Gasteiger partial charge in [-0.05, 0) is 34.1 Å². The van der Waals surface area contributed by atoms with Gasteiger partial charge in [0, 0.05) is 17.9 Å². The summed E-state index contributed by atoms with van der Waals surface area (Å²) in [4.78, 5) is 4.83. The van der Waals surface area contributed by atoms with Crippen LogP contribution in [0.2, 0.25) is 0 Å². The molecule has 0 amide bonds. The number of nitrogens with zero attached hydrogens (tertiary/aromatic N) is 1. The van der Waals surface area contributed by atoms with Gasteiger partial charge in [0.2, 0.25) is 0 Å². The van der Waals surface area contributed by atoms with Crippen LogP contribution in [0.3, 0.4) is 0 Å². The van der Waals surface area contributed by atoms with E-state index >= 15 is 0 Å². The first-order chi connectivity index (χ1) is 6.91. The normalized spacial score (nSPS) is 42.1. The van der Waals surface area contributed by atoms with Gasteiger partial charge < -0.3 is 10.1 Å². The van der Waals surface area contributed by atoms with Crippen molar-refractivity contribution in [2.45, 2.75) is 51.3 Å². The zero-order valence-corrected chi connectivity index (χ0v) is 10.8. The van der Waals surface area contributed by atoms with E-state index in [0.717, 1.165) is 23.9 Å². The Kier molecular flexibility index (Phi) is 2.75. The SMILES string of the molecule is CC1OCCC1(C)N=C1NC(C)(C)CS1. The lowest BCUT2D eigenvalue weighted by atomic mass is 9.96. The molecular weight excluding hydrogens is 208 g/mol. The van der Waals surface area contributed by atoms with Crippen LogP contribution in [0.1, 0.15) is 34.1 Å². The third-order valence-electron chi connectivity index (χ3n) is 3.22. The summed E-state index contributed by atoms with van der Waals surface area (Å²) in [5, 5.41) is 4.54. The highest BCUT2D eigenvalue weighted by atomic mass is 32.2. The molecular formula is C11H20N2OS. The Bertz CT molecular complexity index is 290. The Labute approximate surface area is 96.1 Å². The molecule has 3 nitrogen and oxygen atoms in total. The molecule has 2 aliphatic heterocycles. The van der Waals surface area contributed by atoms with E-state index in [9.17, 15) is 0 Å². The molecule has 2 rings (SSSR count). The molecule has 4 heteroatoms. The van der Waals surface area contributed by atoms with Gasteiger partial charge in [0.15, 0.2) is 5.17 Å². The predicted molar refractivity (Wildman–Crippen MR) is 65.5 cm³/mol. The average molecular weight is 228 g/mol. The molecule has 1 N–H and O–H groups in total. The monoisotopic (exact) mass is 228 g/mol. The summed E-state index contributed by atoms with van der Waals surface area (Å²) in [5.41, 5.74) is 0.151. The fraction of sp³-hybridized carbons (Fsp3) is 0.909. The van der Waals surface area contributed by atoms with Crippen molar-refractivity contribution in [3.05, 3.63) is 0 Å². The largest absolute Gasteiger partial charge is 0.376 e.